The van der Waals surface area contributed by atoms with Crippen LogP contribution in [0.5, 0.6) is 0 Å². The van der Waals surface area contributed by atoms with Gasteiger partial charge in [0.25, 0.3) is 0 Å². The molecule has 1 heterocycles. The minimum Gasteiger partial charge on any atom is -0.345 e. The van der Waals surface area contributed by atoms with Gasteiger partial charge in [0.15, 0.2) is 0 Å². The summed E-state index contributed by atoms with van der Waals surface area (Å²) in [6.07, 6.45) is 4.88. The van der Waals surface area contributed by atoms with E-state index in [2.05, 4.69) is 23.8 Å². The molecule has 1 aromatic heterocycles. The first-order valence-electron chi connectivity index (χ1n) is 6.01. The molecule has 1 aliphatic rings. The molecule has 1 aromatic rings. The highest BCUT2D eigenvalue weighted by Crippen LogP contribution is 2.38. The van der Waals surface area contributed by atoms with E-state index in [-0.39, 0.29) is 0 Å². The lowest BCUT2D eigenvalue weighted by molar-refractivity contribution is 0.408. The number of rotatable bonds is 4. The molecule has 0 saturated heterocycles. The Balaban J connectivity index is 2.24. The Morgan fingerprint density at radius 2 is 2.20 bits per heavy atom. The van der Waals surface area contributed by atoms with Crippen LogP contribution in [0.25, 0.3) is 0 Å². The second-order valence-corrected chi connectivity index (χ2v) is 4.80. The van der Waals surface area contributed by atoms with E-state index in [9.17, 15) is 0 Å². The average molecular weight is 207 g/mol. The van der Waals surface area contributed by atoms with Crippen LogP contribution in [0, 0.1) is 0 Å². The predicted molar refractivity (Wildman–Crippen MR) is 62.0 cm³/mol. The molecule has 0 bridgehead atoms. The minimum atomic E-state index is 0.517. The molecular weight excluding hydrogens is 186 g/mol. The van der Waals surface area contributed by atoms with Crippen LogP contribution in [0.15, 0.2) is 0 Å². The van der Waals surface area contributed by atoms with Crippen LogP contribution in [-0.4, -0.2) is 16.5 Å². The van der Waals surface area contributed by atoms with Gasteiger partial charge in [0.2, 0.25) is 0 Å². The smallest absolute Gasteiger partial charge is 0.107 e. The Hall–Kier alpha value is -0.830. The highest BCUT2D eigenvalue weighted by Gasteiger charge is 2.26. The van der Waals surface area contributed by atoms with Crippen LogP contribution >= 0.6 is 0 Å². The quantitative estimate of drug-likeness (QED) is 0.796. The third kappa shape index (κ3) is 2.07. The highest BCUT2D eigenvalue weighted by molar-refractivity contribution is 5.24. The van der Waals surface area contributed by atoms with Crippen LogP contribution in [0.3, 0.4) is 0 Å². The van der Waals surface area contributed by atoms with Crippen LogP contribution in [0.4, 0.5) is 0 Å². The Labute approximate surface area is 91.5 Å². The summed E-state index contributed by atoms with van der Waals surface area (Å²) >= 11 is 0. The van der Waals surface area contributed by atoms with Gasteiger partial charge in [-0.05, 0) is 25.3 Å². The molecule has 3 heteroatoms. The van der Waals surface area contributed by atoms with Gasteiger partial charge < -0.3 is 10.7 Å². The Morgan fingerprint density at radius 1 is 1.47 bits per heavy atom. The number of hydrogen-bond acceptors (Lipinski definition) is 2. The number of nitrogens with zero attached hydrogens (tertiary/aromatic N) is 1. The summed E-state index contributed by atoms with van der Waals surface area (Å²) < 4.78 is 0. The Bertz CT molecular complexity index is 324. The topological polar surface area (TPSA) is 54.7 Å². The Kier molecular flexibility index (Phi) is 3.10. The number of aromatic amines is 1. The minimum absolute atomic E-state index is 0.517. The Morgan fingerprint density at radius 3 is 2.67 bits per heavy atom. The van der Waals surface area contributed by atoms with Crippen molar-refractivity contribution in [2.24, 2.45) is 5.73 Å². The fourth-order valence-electron chi connectivity index (χ4n) is 2.16. The molecule has 1 fully saturated rings. The zero-order valence-electron chi connectivity index (χ0n) is 9.71. The van der Waals surface area contributed by atoms with E-state index < -0.39 is 0 Å². The molecule has 84 valence electrons. The molecule has 0 aliphatic heterocycles. The van der Waals surface area contributed by atoms with E-state index in [1.54, 1.807) is 0 Å². The first kappa shape index (κ1) is 10.7. The SMILES string of the molecule is CC(C)c1nc(CCN)[nH]c1C1CCC1. The van der Waals surface area contributed by atoms with E-state index in [4.69, 9.17) is 5.73 Å². The molecule has 0 spiro atoms. The number of nitrogens with one attached hydrogen (secondary N) is 1. The molecule has 0 unspecified atom stereocenters. The van der Waals surface area contributed by atoms with E-state index >= 15 is 0 Å². The number of H-pyrrole nitrogens is 1. The zero-order valence-corrected chi connectivity index (χ0v) is 9.71. The van der Waals surface area contributed by atoms with Gasteiger partial charge in [-0.3, -0.25) is 0 Å². The fourth-order valence-corrected chi connectivity index (χ4v) is 2.16. The zero-order chi connectivity index (χ0) is 10.8. The van der Waals surface area contributed by atoms with Gasteiger partial charge >= 0.3 is 0 Å². The van der Waals surface area contributed by atoms with E-state index in [0.29, 0.717) is 12.5 Å². The van der Waals surface area contributed by atoms with Gasteiger partial charge in [-0.25, -0.2) is 4.98 Å². The van der Waals surface area contributed by atoms with Crippen molar-refractivity contribution < 1.29 is 0 Å². The molecular formula is C12H21N3. The van der Waals surface area contributed by atoms with Crippen molar-refractivity contribution in [2.45, 2.75) is 51.4 Å². The van der Waals surface area contributed by atoms with Crippen LogP contribution in [-0.2, 0) is 6.42 Å². The van der Waals surface area contributed by atoms with Crippen molar-refractivity contribution >= 4 is 0 Å². The standard InChI is InChI=1S/C12H21N3/c1-8(2)11-12(9-4-3-5-9)15-10(14-11)6-7-13/h8-9H,3-7,13H2,1-2H3,(H,14,15). The van der Waals surface area contributed by atoms with Crippen LogP contribution in [0.2, 0.25) is 0 Å². The molecule has 15 heavy (non-hydrogen) atoms. The third-order valence-electron chi connectivity index (χ3n) is 3.25. The molecule has 3 nitrogen and oxygen atoms in total. The van der Waals surface area contributed by atoms with Crippen molar-refractivity contribution in [1.29, 1.82) is 0 Å². The summed E-state index contributed by atoms with van der Waals surface area (Å²) in [5.74, 6) is 2.33. The first-order chi connectivity index (χ1) is 7.22. The molecule has 0 aromatic carbocycles. The molecule has 1 aliphatic carbocycles. The van der Waals surface area contributed by atoms with E-state index in [1.165, 1.54) is 30.7 Å². The first-order valence-corrected chi connectivity index (χ1v) is 6.01. The maximum absolute atomic E-state index is 5.56. The summed E-state index contributed by atoms with van der Waals surface area (Å²) in [5, 5.41) is 0. The van der Waals surface area contributed by atoms with E-state index in [1.807, 2.05) is 0 Å². The lowest BCUT2D eigenvalue weighted by Crippen LogP contribution is -2.12. The maximum Gasteiger partial charge on any atom is 0.107 e. The summed E-state index contributed by atoms with van der Waals surface area (Å²) in [6.45, 7) is 5.10. The summed E-state index contributed by atoms with van der Waals surface area (Å²) in [5.41, 5.74) is 8.21. The van der Waals surface area contributed by atoms with Gasteiger partial charge in [-0.1, -0.05) is 20.3 Å². The van der Waals surface area contributed by atoms with Gasteiger partial charge in [-0.15, -0.1) is 0 Å². The normalized spacial score (nSPS) is 17.1. The third-order valence-corrected chi connectivity index (χ3v) is 3.25. The lowest BCUT2D eigenvalue weighted by atomic mass is 9.81. The average Bonchev–Trinajstić information content (AvgIpc) is 2.46. The number of hydrogen-bond donors (Lipinski definition) is 2. The largest absolute Gasteiger partial charge is 0.345 e. The summed E-state index contributed by atoms with van der Waals surface area (Å²) in [4.78, 5) is 8.14. The molecule has 0 atom stereocenters. The summed E-state index contributed by atoms with van der Waals surface area (Å²) in [6, 6.07) is 0. The van der Waals surface area contributed by atoms with E-state index in [0.717, 1.165) is 18.2 Å². The van der Waals surface area contributed by atoms with Crippen molar-refractivity contribution in [3.63, 3.8) is 0 Å². The predicted octanol–water partition coefficient (Wildman–Crippen LogP) is 2.30. The monoisotopic (exact) mass is 207 g/mol. The van der Waals surface area contributed by atoms with Crippen molar-refractivity contribution in [1.82, 2.24) is 9.97 Å². The highest BCUT2D eigenvalue weighted by atomic mass is 14.9. The van der Waals surface area contributed by atoms with Gasteiger partial charge in [0.05, 0.1) is 5.69 Å². The lowest BCUT2D eigenvalue weighted by Gasteiger charge is -2.25. The second-order valence-electron chi connectivity index (χ2n) is 4.80. The second kappa shape index (κ2) is 4.35. The molecule has 2 rings (SSSR count). The molecule has 0 amide bonds. The number of aromatic nitrogens is 2. The van der Waals surface area contributed by atoms with Crippen molar-refractivity contribution in [2.75, 3.05) is 6.54 Å². The molecule has 1 saturated carbocycles. The van der Waals surface area contributed by atoms with Gasteiger partial charge in [0, 0.05) is 18.0 Å². The summed E-state index contributed by atoms with van der Waals surface area (Å²) in [7, 11) is 0. The van der Waals surface area contributed by atoms with Crippen LogP contribution < -0.4 is 5.73 Å². The van der Waals surface area contributed by atoms with Gasteiger partial charge in [0.1, 0.15) is 5.82 Å². The number of nitrogens with two attached hydrogens (primary N) is 1. The number of imidazole rings is 1. The van der Waals surface area contributed by atoms with Gasteiger partial charge in [-0.2, -0.15) is 0 Å². The van der Waals surface area contributed by atoms with Crippen molar-refractivity contribution in [3.05, 3.63) is 17.2 Å². The van der Waals surface area contributed by atoms with Crippen LogP contribution in [0.1, 0.15) is 62.2 Å². The van der Waals surface area contributed by atoms with Crippen molar-refractivity contribution in [3.8, 4) is 0 Å². The maximum atomic E-state index is 5.56. The fraction of sp³-hybridized carbons (Fsp3) is 0.750. The molecule has 3 N–H and O–H groups in total. The molecule has 0 radical (unpaired) electrons.